The molecule has 1 unspecified atom stereocenters. The molecular formula is C25H23N5O. The summed E-state index contributed by atoms with van der Waals surface area (Å²) in [5.41, 5.74) is 6.65. The summed E-state index contributed by atoms with van der Waals surface area (Å²) >= 11 is 0. The van der Waals surface area contributed by atoms with Crippen molar-refractivity contribution in [3.63, 3.8) is 0 Å². The summed E-state index contributed by atoms with van der Waals surface area (Å²) in [5.74, 6) is 1.08. The molecule has 0 saturated carbocycles. The molecule has 0 spiro atoms. The lowest BCUT2D eigenvalue weighted by Crippen LogP contribution is -2.21. The molecule has 1 aliphatic rings. The highest BCUT2D eigenvalue weighted by Gasteiger charge is 2.28. The average molecular weight is 409 g/mol. The van der Waals surface area contributed by atoms with Gasteiger partial charge >= 0.3 is 0 Å². The number of carbonyl (C=O) groups is 1. The van der Waals surface area contributed by atoms with Gasteiger partial charge in [0.15, 0.2) is 5.78 Å². The number of aromatic nitrogens is 4. The van der Waals surface area contributed by atoms with Crippen LogP contribution in [0.4, 0.5) is 11.9 Å². The van der Waals surface area contributed by atoms with Crippen LogP contribution >= 0.6 is 0 Å². The minimum absolute atomic E-state index is 0.0896. The summed E-state index contributed by atoms with van der Waals surface area (Å²) < 4.78 is 0. The van der Waals surface area contributed by atoms with Crippen LogP contribution in [0.15, 0.2) is 48.7 Å². The fraction of sp³-hybridized carbons (Fsp3) is 0.240. The number of nitrogens with one attached hydrogen (secondary N) is 1. The Morgan fingerprint density at radius 1 is 0.903 bits per heavy atom. The molecule has 1 atom stereocenters. The molecule has 0 bridgehead atoms. The first kappa shape index (κ1) is 19.3. The maximum Gasteiger partial charge on any atom is 0.230 e. The molecule has 4 aromatic rings. The Balaban J connectivity index is 1.46. The van der Waals surface area contributed by atoms with Crippen molar-refractivity contribution in [3.8, 4) is 0 Å². The molecule has 154 valence electrons. The smallest absolute Gasteiger partial charge is 0.230 e. The third-order valence-corrected chi connectivity index (χ3v) is 5.93. The van der Waals surface area contributed by atoms with Gasteiger partial charge in [-0.2, -0.15) is 0 Å². The number of nitrogens with zero attached hydrogens (tertiary/aromatic N) is 4. The van der Waals surface area contributed by atoms with Gasteiger partial charge in [0.25, 0.3) is 0 Å². The van der Waals surface area contributed by atoms with Crippen LogP contribution in [-0.2, 0) is 6.42 Å². The number of anilines is 2. The maximum absolute atomic E-state index is 12.7. The van der Waals surface area contributed by atoms with Gasteiger partial charge in [-0.1, -0.05) is 48.0 Å². The van der Waals surface area contributed by atoms with Crippen molar-refractivity contribution in [1.29, 1.82) is 0 Å². The predicted octanol–water partition coefficient (Wildman–Crippen LogP) is 5.00. The largest absolute Gasteiger partial charge is 0.294 e. The number of rotatable bonds is 3. The number of carbonyl (C=O) groups excluding carboxylic acids is 1. The highest BCUT2D eigenvalue weighted by molar-refractivity contribution is 5.98. The van der Waals surface area contributed by atoms with Crippen LogP contribution in [0.5, 0.6) is 0 Å². The minimum atomic E-state index is 0.0896. The van der Waals surface area contributed by atoms with Gasteiger partial charge in [0.2, 0.25) is 11.9 Å². The van der Waals surface area contributed by atoms with Gasteiger partial charge in [0, 0.05) is 18.0 Å². The van der Waals surface area contributed by atoms with E-state index in [2.05, 4.69) is 56.4 Å². The summed E-state index contributed by atoms with van der Waals surface area (Å²) in [5, 5.41) is 4.17. The molecule has 2 aromatic heterocycles. The Labute approximate surface area is 180 Å². The van der Waals surface area contributed by atoms with E-state index in [9.17, 15) is 4.79 Å². The van der Waals surface area contributed by atoms with E-state index in [4.69, 9.17) is 0 Å². The predicted molar refractivity (Wildman–Crippen MR) is 121 cm³/mol. The standard InChI is InChI=1S/C25H23N5O/c1-14-7-9-17(10-8-14)18-11-21-20(22(31)12-18)13-26-24(28-21)30-25-27-16(3)19-6-4-5-15(2)23(19)29-25/h4-10,13,18H,11-12H2,1-3H3,(H,26,27,28,29,30). The van der Waals surface area contributed by atoms with Gasteiger partial charge in [-0.15, -0.1) is 0 Å². The second kappa shape index (κ2) is 7.54. The summed E-state index contributed by atoms with van der Waals surface area (Å²) in [6.07, 6.45) is 2.81. The van der Waals surface area contributed by atoms with Crippen molar-refractivity contribution in [2.45, 2.75) is 39.5 Å². The van der Waals surface area contributed by atoms with Crippen LogP contribution in [0.2, 0.25) is 0 Å². The molecule has 0 radical (unpaired) electrons. The van der Waals surface area contributed by atoms with Crippen molar-refractivity contribution in [2.75, 3.05) is 5.32 Å². The molecule has 1 aliphatic carbocycles. The maximum atomic E-state index is 12.7. The average Bonchev–Trinajstić information content (AvgIpc) is 2.75. The molecule has 31 heavy (non-hydrogen) atoms. The molecule has 6 nitrogen and oxygen atoms in total. The quantitative estimate of drug-likeness (QED) is 0.513. The van der Waals surface area contributed by atoms with Crippen molar-refractivity contribution in [2.24, 2.45) is 0 Å². The van der Waals surface area contributed by atoms with Gasteiger partial charge in [-0.3, -0.25) is 10.1 Å². The Kier molecular flexibility index (Phi) is 4.70. The van der Waals surface area contributed by atoms with Crippen molar-refractivity contribution >= 4 is 28.6 Å². The number of ketones is 1. The number of hydrogen-bond acceptors (Lipinski definition) is 6. The van der Waals surface area contributed by atoms with Crippen molar-refractivity contribution in [3.05, 3.63) is 82.3 Å². The Bertz CT molecular complexity index is 1310. The van der Waals surface area contributed by atoms with E-state index in [0.29, 0.717) is 30.3 Å². The first-order valence-corrected chi connectivity index (χ1v) is 10.4. The second-order valence-corrected chi connectivity index (χ2v) is 8.22. The number of Topliss-reactive ketones (excluding diaryl/α,β-unsaturated/α-hetero) is 1. The number of fused-ring (bicyclic) bond motifs is 2. The van der Waals surface area contributed by atoms with Crippen LogP contribution in [0, 0.1) is 20.8 Å². The minimum Gasteiger partial charge on any atom is -0.294 e. The third kappa shape index (κ3) is 3.65. The summed E-state index contributed by atoms with van der Waals surface area (Å²) in [6.45, 7) is 6.06. The number of benzene rings is 2. The van der Waals surface area contributed by atoms with Gasteiger partial charge in [0.05, 0.1) is 22.5 Å². The van der Waals surface area contributed by atoms with E-state index in [0.717, 1.165) is 27.9 Å². The fourth-order valence-corrected chi connectivity index (χ4v) is 4.18. The van der Waals surface area contributed by atoms with Crippen LogP contribution in [0.25, 0.3) is 10.9 Å². The first-order chi connectivity index (χ1) is 15.0. The zero-order chi connectivity index (χ0) is 21.5. The lowest BCUT2D eigenvalue weighted by Gasteiger charge is -2.23. The number of para-hydroxylation sites is 1. The van der Waals surface area contributed by atoms with Gasteiger partial charge in [-0.25, -0.2) is 19.9 Å². The van der Waals surface area contributed by atoms with Crippen molar-refractivity contribution < 1.29 is 4.79 Å². The van der Waals surface area contributed by atoms with Crippen LogP contribution in [-0.4, -0.2) is 25.7 Å². The van der Waals surface area contributed by atoms with E-state index in [1.54, 1.807) is 6.20 Å². The Hall–Kier alpha value is -3.67. The molecule has 5 rings (SSSR count). The molecular weight excluding hydrogens is 386 g/mol. The molecule has 0 aliphatic heterocycles. The van der Waals surface area contributed by atoms with E-state index < -0.39 is 0 Å². The lowest BCUT2D eigenvalue weighted by atomic mass is 9.82. The second-order valence-electron chi connectivity index (χ2n) is 8.22. The normalized spacial score (nSPS) is 15.7. The monoisotopic (exact) mass is 409 g/mol. The molecule has 2 aromatic carbocycles. The fourth-order valence-electron chi connectivity index (χ4n) is 4.18. The van der Waals surface area contributed by atoms with E-state index in [1.807, 2.05) is 32.0 Å². The highest BCUT2D eigenvalue weighted by Crippen LogP contribution is 2.32. The third-order valence-electron chi connectivity index (χ3n) is 5.93. The highest BCUT2D eigenvalue weighted by atomic mass is 16.1. The first-order valence-electron chi connectivity index (χ1n) is 10.4. The van der Waals surface area contributed by atoms with Gasteiger partial charge in [-0.05, 0) is 44.2 Å². The summed E-state index contributed by atoms with van der Waals surface area (Å²) in [7, 11) is 0. The molecule has 2 heterocycles. The molecule has 0 amide bonds. The van der Waals surface area contributed by atoms with Crippen molar-refractivity contribution in [1.82, 2.24) is 19.9 Å². The Morgan fingerprint density at radius 2 is 1.71 bits per heavy atom. The van der Waals surface area contributed by atoms with Crippen LogP contribution < -0.4 is 5.32 Å². The number of aryl methyl sites for hydroxylation is 3. The van der Waals surface area contributed by atoms with E-state index in [1.165, 1.54) is 11.1 Å². The molecule has 1 N–H and O–H groups in total. The van der Waals surface area contributed by atoms with Crippen LogP contribution in [0.1, 0.15) is 50.8 Å². The SMILES string of the molecule is Cc1ccc(C2CC(=O)c3cnc(Nc4nc(C)c5cccc(C)c5n4)nc3C2)cc1. The number of hydrogen-bond donors (Lipinski definition) is 1. The van der Waals surface area contributed by atoms with E-state index >= 15 is 0 Å². The van der Waals surface area contributed by atoms with Crippen LogP contribution in [0.3, 0.4) is 0 Å². The summed E-state index contributed by atoms with van der Waals surface area (Å²) in [4.78, 5) is 31.0. The zero-order valence-electron chi connectivity index (χ0n) is 17.8. The summed E-state index contributed by atoms with van der Waals surface area (Å²) in [6, 6.07) is 14.4. The van der Waals surface area contributed by atoms with Gasteiger partial charge in [0.1, 0.15) is 0 Å². The molecule has 0 fully saturated rings. The molecule has 6 heteroatoms. The molecule has 0 saturated heterocycles. The topological polar surface area (TPSA) is 80.7 Å². The zero-order valence-corrected chi connectivity index (χ0v) is 17.8. The Morgan fingerprint density at radius 3 is 2.52 bits per heavy atom. The van der Waals surface area contributed by atoms with Gasteiger partial charge < -0.3 is 0 Å². The lowest BCUT2D eigenvalue weighted by molar-refractivity contribution is 0.0962. The van der Waals surface area contributed by atoms with E-state index in [-0.39, 0.29) is 11.7 Å².